The second kappa shape index (κ2) is 31.7. The van der Waals surface area contributed by atoms with E-state index in [0.717, 1.165) is 0 Å². The lowest BCUT2D eigenvalue weighted by Crippen LogP contribution is -1.92. The Labute approximate surface area is 758 Å². The fraction of sp³-hybridized carbons (Fsp3) is 0. The second-order valence-electron chi connectivity index (χ2n) is 33.7. The summed E-state index contributed by atoms with van der Waals surface area (Å²) in [4.78, 5) is 0. The molecule has 0 spiro atoms. The number of benzene rings is 24. The molecule has 27 aromatic rings. The smallest absolute Gasteiger partial charge is 0.0434 e. The Hall–Kier alpha value is -15.7. The molecule has 0 aliphatic heterocycles. The molecule has 0 saturated heterocycles. The maximum atomic E-state index is 2.37. The van der Waals surface area contributed by atoms with E-state index in [4.69, 9.17) is 0 Å². The highest BCUT2D eigenvalue weighted by atomic mass is 32.1. The van der Waals surface area contributed by atoms with Gasteiger partial charge in [-0.2, -0.15) is 0 Å². The number of thiophene rings is 3. The summed E-state index contributed by atoms with van der Waals surface area (Å²) in [5, 5.41) is 31.0. The highest BCUT2D eigenvalue weighted by Gasteiger charge is 2.26. The lowest BCUT2D eigenvalue weighted by atomic mass is 9.83. The number of fused-ring (bicyclic) bond motifs is 18. The van der Waals surface area contributed by atoms with Crippen LogP contribution in [0.2, 0.25) is 0 Å². The van der Waals surface area contributed by atoms with Gasteiger partial charge in [0.25, 0.3) is 0 Å². The molecular weight excluding hydrogens is 1610 g/mol. The third-order valence-corrected chi connectivity index (χ3v) is 30.2. The van der Waals surface area contributed by atoms with Crippen LogP contribution in [-0.4, -0.2) is 0 Å². The average molecular weight is 1690 g/mol. The van der Waals surface area contributed by atoms with Crippen molar-refractivity contribution in [2.75, 3.05) is 0 Å². The van der Waals surface area contributed by atoms with Gasteiger partial charge in [0.05, 0.1) is 0 Å². The normalized spacial score (nSPS) is 11.7. The van der Waals surface area contributed by atoms with Crippen molar-refractivity contribution in [1.29, 1.82) is 0 Å². The minimum absolute atomic E-state index is 1.23. The van der Waals surface area contributed by atoms with Crippen LogP contribution >= 0.6 is 34.0 Å². The van der Waals surface area contributed by atoms with E-state index in [1.165, 1.54) is 258 Å². The van der Waals surface area contributed by atoms with Crippen molar-refractivity contribution in [2.45, 2.75) is 0 Å². The van der Waals surface area contributed by atoms with E-state index in [0.29, 0.717) is 0 Å². The van der Waals surface area contributed by atoms with Gasteiger partial charge in [-0.1, -0.05) is 437 Å². The summed E-state index contributed by atoms with van der Waals surface area (Å²) in [6, 6.07) is 174. The highest BCUT2D eigenvalue weighted by Crippen LogP contribution is 2.54. The largest absolute Gasteiger partial charge is 0.135 e. The van der Waals surface area contributed by atoms with Crippen molar-refractivity contribution >= 4 is 191 Å². The van der Waals surface area contributed by atoms with Crippen LogP contribution in [0.25, 0.3) is 258 Å². The van der Waals surface area contributed by atoms with E-state index in [1.807, 2.05) is 34.0 Å². The number of hydrogen-bond acceptors (Lipinski definition) is 3. The zero-order chi connectivity index (χ0) is 85.0. The average Bonchev–Trinajstić information content (AvgIpc) is 1.69. The minimum Gasteiger partial charge on any atom is -0.135 e. The van der Waals surface area contributed by atoms with Crippen LogP contribution in [-0.2, 0) is 0 Å². The number of hydrogen-bond donors (Lipinski definition) is 0. The first-order valence-corrected chi connectivity index (χ1v) is 46.8. The first kappa shape index (κ1) is 75.8. The summed E-state index contributed by atoms with van der Waals surface area (Å²) in [5.41, 5.74) is 23.0. The molecule has 0 unspecified atom stereocenters. The summed E-state index contributed by atoms with van der Waals surface area (Å²) in [7, 11) is 0. The predicted molar refractivity (Wildman–Crippen MR) is 564 cm³/mol. The summed E-state index contributed by atoms with van der Waals surface area (Å²) < 4.78 is 8.06. The standard InChI is InChI=1S/3C42H26S/c1-2-13-30-27(11-1)12-9-19-31(30)28-23-25-29(26-24-28)40-33-15-3-5-17-35(33)41(36-18-6-4-16-34(36)40)38-21-10-20-37-32-14-7-8-22-39(32)43-42(37)38;1-2-12-28-25-30(24-23-27(28)11-1)29-13-9-14-31(26-29)40-33-16-3-5-18-35(33)41(36-19-6-4-17-34(36)40)38-21-10-20-37-32-15-7-8-22-39(32)43-42(37)38;1-2-13-28-26-29(25-24-27(28)12-1)30-14-3-4-16-32(30)40-33-17-5-7-19-35(33)41(36-20-8-6-18-34(36)40)38-22-11-21-37-31-15-9-10-23-39(31)43-42(37)38/h3*1-26H. The molecule has 3 aromatic heterocycles. The van der Waals surface area contributed by atoms with Gasteiger partial charge >= 0.3 is 0 Å². The lowest BCUT2D eigenvalue weighted by Gasteiger charge is -2.20. The van der Waals surface area contributed by atoms with E-state index in [1.54, 1.807) is 0 Å². The number of rotatable bonds is 9. The molecule has 0 amide bonds. The molecule has 600 valence electrons. The van der Waals surface area contributed by atoms with Crippen LogP contribution in [0, 0.1) is 0 Å². The van der Waals surface area contributed by atoms with E-state index in [9.17, 15) is 0 Å². The van der Waals surface area contributed by atoms with Gasteiger partial charge in [-0.05, 0) is 217 Å². The van der Waals surface area contributed by atoms with Crippen molar-refractivity contribution < 1.29 is 0 Å². The van der Waals surface area contributed by atoms with Gasteiger partial charge in [0.15, 0.2) is 0 Å². The van der Waals surface area contributed by atoms with Crippen molar-refractivity contribution in [1.82, 2.24) is 0 Å². The van der Waals surface area contributed by atoms with Gasteiger partial charge < -0.3 is 0 Å². The molecular formula is C126H78S3. The van der Waals surface area contributed by atoms with Crippen LogP contribution in [0.5, 0.6) is 0 Å². The Bertz CT molecular complexity index is 9040. The quantitative estimate of drug-likeness (QED) is 0.126. The maximum absolute atomic E-state index is 2.37. The van der Waals surface area contributed by atoms with Gasteiger partial charge in [0.2, 0.25) is 0 Å². The molecule has 0 N–H and O–H groups in total. The molecule has 0 radical (unpaired) electrons. The molecule has 3 heteroatoms. The topological polar surface area (TPSA) is 0 Å². The third-order valence-electron chi connectivity index (χ3n) is 26.6. The first-order chi connectivity index (χ1) is 64.0. The van der Waals surface area contributed by atoms with Crippen LogP contribution < -0.4 is 0 Å². The minimum atomic E-state index is 1.23. The zero-order valence-corrected chi connectivity index (χ0v) is 72.7. The Morgan fingerprint density at radius 2 is 0.357 bits per heavy atom. The van der Waals surface area contributed by atoms with E-state index >= 15 is 0 Å². The van der Waals surface area contributed by atoms with Gasteiger partial charge in [0, 0.05) is 77.2 Å². The van der Waals surface area contributed by atoms with E-state index < -0.39 is 0 Å². The van der Waals surface area contributed by atoms with Crippen LogP contribution in [0.3, 0.4) is 0 Å². The molecule has 0 fully saturated rings. The molecule has 0 atom stereocenters. The predicted octanol–water partition coefficient (Wildman–Crippen LogP) is 37.5. The van der Waals surface area contributed by atoms with Crippen molar-refractivity contribution in [3.63, 3.8) is 0 Å². The van der Waals surface area contributed by atoms with E-state index in [-0.39, 0.29) is 0 Å². The summed E-state index contributed by atoms with van der Waals surface area (Å²) >= 11 is 5.70. The fourth-order valence-corrected chi connectivity index (χ4v) is 24.5. The Balaban J connectivity index is 0.000000105. The Kier molecular flexibility index (Phi) is 18.6. The molecule has 0 bridgehead atoms. The van der Waals surface area contributed by atoms with Crippen LogP contribution in [0.15, 0.2) is 473 Å². The highest BCUT2D eigenvalue weighted by molar-refractivity contribution is 7.27. The van der Waals surface area contributed by atoms with Gasteiger partial charge in [-0.15, -0.1) is 34.0 Å². The van der Waals surface area contributed by atoms with Crippen molar-refractivity contribution in [3.05, 3.63) is 473 Å². The zero-order valence-electron chi connectivity index (χ0n) is 70.3. The monoisotopic (exact) mass is 1690 g/mol. The maximum Gasteiger partial charge on any atom is 0.0434 e. The fourth-order valence-electron chi connectivity index (χ4n) is 20.8. The summed E-state index contributed by atoms with van der Waals surface area (Å²) in [6.45, 7) is 0. The lowest BCUT2D eigenvalue weighted by molar-refractivity contribution is 1.62. The van der Waals surface area contributed by atoms with Gasteiger partial charge in [-0.3, -0.25) is 0 Å². The van der Waals surface area contributed by atoms with Gasteiger partial charge in [0.1, 0.15) is 0 Å². The Morgan fingerprint density at radius 1 is 0.109 bits per heavy atom. The molecule has 0 saturated carbocycles. The SMILES string of the molecule is c1cc(-c2ccc3ccccc3c2)cc(-c2c3ccccc3c(-c3cccc4c3sc3ccccc34)c3ccccc23)c1.c1ccc(-c2c3ccccc3c(-c3cccc4c3sc3ccccc34)c3ccccc23)c(-c2ccc3ccccc3c2)c1.c1ccc2c(-c3ccc(-c4c5ccccc5c(-c5cccc6c5sc5ccccc56)c5ccccc45)cc3)cccc2c1. The second-order valence-corrected chi connectivity index (χ2v) is 36.9. The van der Waals surface area contributed by atoms with Crippen molar-refractivity contribution in [3.8, 4) is 100 Å². The summed E-state index contributed by atoms with van der Waals surface area (Å²) in [5.74, 6) is 0. The molecule has 129 heavy (non-hydrogen) atoms. The first-order valence-electron chi connectivity index (χ1n) is 44.3. The van der Waals surface area contributed by atoms with Crippen molar-refractivity contribution in [2.24, 2.45) is 0 Å². The third kappa shape index (κ3) is 12.9. The molecule has 27 rings (SSSR count). The molecule has 0 aliphatic rings. The summed E-state index contributed by atoms with van der Waals surface area (Å²) in [6.07, 6.45) is 0. The van der Waals surface area contributed by atoms with Gasteiger partial charge in [-0.25, -0.2) is 0 Å². The molecule has 3 heterocycles. The van der Waals surface area contributed by atoms with E-state index in [2.05, 4.69) is 473 Å². The Morgan fingerprint density at radius 3 is 0.783 bits per heavy atom. The molecule has 0 aliphatic carbocycles. The van der Waals surface area contributed by atoms with Crippen LogP contribution in [0.1, 0.15) is 0 Å². The molecule has 0 nitrogen and oxygen atoms in total. The van der Waals surface area contributed by atoms with Crippen LogP contribution in [0.4, 0.5) is 0 Å². The molecule has 24 aromatic carbocycles.